The standard InChI is InChI=1S/C24H24ClN3O/c1-2-3-8-23-27-24(25)22(17-29)28(23)16-19-11-9-18(10-12-19)13-14-20-6-4-5-7-21(20)15-26/h4-7,9-14,29H,2-3,8,16-17H2,1H3. The molecule has 0 amide bonds. The molecule has 0 radical (unpaired) electrons. The summed E-state index contributed by atoms with van der Waals surface area (Å²) in [6.45, 7) is 2.64. The third kappa shape index (κ3) is 5.14. The Balaban J connectivity index is 1.78. The van der Waals surface area contributed by atoms with Crippen LogP contribution in [0.15, 0.2) is 48.5 Å². The molecule has 0 aliphatic rings. The summed E-state index contributed by atoms with van der Waals surface area (Å²) in [6.07, 6.45) is 6.91. The number of aliphatic hydroxyl groups excluding tert-OH is 1. The molecule has 0 saturated heterocycles. The number of imidazole rings is 1. The maximum atomic E-state index is 9.70. The Labute approximate surface area is 176 Å². The van der Waals surface area contributed by atoms with E-state index in [-0.39, 0.29) is 6.61 Å². The van der Waals surface area contributed by atoms with E-state index in [2.05, 4.69) is 30.1 Å². The highest BCUT2D eigenvalue weighted by Gasteiger charge is 2.15. The van der Waals surface area contributed by atoms with E-state index in [9.17, 15) is 10.4 Å². The average molecular weight is 406 g/mol. The van der Waals surface area contributed by atoms with E-state index in [4.69, 9.17) is 11.6 Å². The van der Waals surface area contributed by atoms with Gasteiger partial charge in [0.2, 0.25) is 0 Å². The molecule has 0 atom stereocenters. The number of aromatic nitrogens is 2. The third-order valence-corrected chi connectivity index (χ3v) is 5.17. The molecule has 0 bridgehead atoms. The summed E-state index contributed by atoms with van der Waals surface area (Å²) in [5, 5.41) is 19.3. The fourth-order valence-electron chi connectivity index (χ4n) is 3.22. The van der Waals surface area contributed by atoms with Crippen LogP contribution in [0.4, 0.5) is 0 Å². The monoisotopic (exact) mass is 405 g/mol. The highest BCUT2D eigenvalue weighted by molar-refractivity contribution is 6.30. The summed E-state index contributed by atoms with van der Waals surface area (Å²) < 4.78 is 2.02. The molecule has 2 aromatic carbocycles. The summed E-state index contributed by atoms with van der Waals surface area (Å²) >= 11 is 6.22. The number of rotatable bonds is 8. The minimum Gasteiger partial charge on any atom is -0.390 e. The van der Waals surface area contributed by atoms with Gasteiger partial charge in [-0.15, -0.1) is 0 Å². The molecule has 4 nitrogen and oxygen atoms in total. The van der Waals surface area contributed by atoms with Gasteiger partial charge in [0.25, 0.3) is 0 Å². The first kappa shape index (κ1) is 20.9. The number of nitriles is 1. The maximum absolute atomic E-state index is 9.70. The first-order chi connectivity index (χ1) is 14.2. The Morgan fingerprint density at radius 1 is 1.14 bits per heavy atom. The highest BCUT2D eigenvalue weighted by atomic mass is 35.5. The van der Waals surface area contributed by atoms with Crippen molar-refractivity contribution in [3.63, 3.8) is 0 Å². The Hall–Kier alpha value is -2.87. The van der Waals surface area contributed by atoms with Crippen molar-refractivity contribution in [2.75, 3.05) is 0 Å². The van der Waals surface area contributed by atoms with Gasteiger partial charge in [0.1, 0.15) is 5.82 Å². The van der Waals surface area contributed by atoms with Crippen LogP contribution in [0, 0.1) is 11.3 Å². The lowest BCUT2D eigenvalue weighted by Gasteiger charge is -2.11. The fraction of sp³-hybridized carbons (Fsp3) is 0.250. The zero-order chi connectivity index (χ0) is 20.6. The van der Waals surface area contributed by atoms with Crippen molar-refractivity contribution in [3.8, 4) is 6.07 Å². The molecule has 5 heteroatoms. The number of benzene rings is 2. The van der Waals surface area contributed by atoms with Crippen LogP contribution in [0.25, 0.3) is 12.2 Å². The summed E-state index contributed by atoms with van der Waals surface area (Å²) in [5.41, 5.74) is 4.39. The van der Waals surface area contributed by atoms with E-state index < -0.39 is 0 Å². The van der Waals surface area contributed by atoms with E-state index in [1.165, 1.54) is 0 Å². The van der Waals surface area contributed by atoms with Crippen LogP contribution in [0.5, 0.6) is 0 Å². The zero-order valence-corrected chi connectivity index (χ0v) is 17.2. The van der Waals surface area contributed by atoms with Crippen molar-refractivity contribution >= 4 is 23.8 Å². The molecular formula is C24H24ClN3O. The topological polar surface area (TPSA) is 61.8 Å². The van der Waals surface area contributed by atoms with Gasteiger partial charge in [-0.3, -0.25) is 0 Å². The lowest BCUT2D eigenvalue weighted by Crippen LogP contribution is -2.09. The minimum atomic E-state index is -0.128. The number of unbranched alkanes of at least 4 members (excludes halogenated alkanes) is 1. The smallest absolute Gasteiger partial charge is 0.152 e. The van der Waals surface area contributed by atoms with Gasteiger partial charge in [-0.25, -0.2) is 4.98 Å². The number of aryl methyl sites for hydroxylation is 1. The number of halogens is 1. The van der Waals surface area contributed by atoms with Crippen LogP contribution in [0.2, 0.25) is 5.15 Å². The Morgan fingerprint density at radius 3 is 2.59 bits per heavy atom. The Bertz CT molecular complexity index is 1030. The molecule has 3 rings (SSSR count). The van der Waals surface area contributed by atoms with E-state index in [0.29, 0.717) is 23.0 Å². The van der Waals surface area contributed by atoms with E-state index >= 15 is 0 Å². The van der Waals surface area contributed by atoms with Gasteiger partial charge < -0.3 is 9.67 Å². The van der Waals surface area contributed by atoms with Crippen molar-refractivity contribution in [1.82, 2.24) is 9.55 Å². The summed E-state index contributed by atoms with van der Waals surface area (Å²) in [4.78, 5) is 4.44. The lowest BCUT2D eigenvalue weighted by atomic mass is 10.1. The summed E-state index contributed by atoms with van der Waals surface area (Å²) in [5.74, 6) is 0.915. The van der Waals surface area contributed by atoms with Crippen LogP contribution in [0.1, 0.15) is 53.5 Å². The largest absolute Gasteiger partial charge is 0.390 e. The number of hydrogen-bond acceptors (Lipinski definition) is 3. The molecule has 0 aliphatic carbocycles. The normalized spacial score (nSPS) is 11.1. The Kier molecular flexibility index (Phi) is 7.24. The molecule has 1 aromatic heterocycles. The van der Waals surface area contributed by atoms with E-state index in [1.54, 1.807) is 0 Å². The minimum absolute atomic E-state index is 0.128. The number of hydrogen-bond donors (Lipinski definition) is 1. The van der Waals surface area contributed by atoms with Gasteiger partial charge in [-0.1, -0.05) is 79.6 Å². The van der Waals surface area contributed by atoms with Crippen molar-refractivity contribution in [2.45, 2.75) is 39.3 Å². The van der Waals surface area contributed by atoms with Crippen molar-refractivity contribution in [2.24, 2.45) is 0 Å². The van der Waals surface area contributed by atoms with Gasteiger partial charge in [-0.2, -0.15) is 5.26 Å². The molecule has 1 N–H and O–H groups in total. The highest BCUT2D eigenvalue weighted by Crippen LogP contribution is 2.21. The predicted molar refractivity (Wildman–Crippen MR) is 117 cm³/mol. The van der Waals surface area contributed by atoms with Gasteiger partial charge in [-0.05, 0) is 29.2 Å². The van der Waals surface area contributed by atoms with Gasteiger partial charge in [0.05, 0.1) is 23.9 Å². The lowest BCUT2D eigenvalue weighted by molar-refractivity contribution is 0.271. The average Bonchev–Trinajstić information content (AvgIpc) is 3.05. The molecule has 148 valence electrons. The SMILES string of the molecule is CCCCc1nc(Cl)c(CO)n1Cc1ccc(C=Cc2ccccc2C#N)cc1. The first-order valence-corrected chi connectivity index (χ1v) is 10.1. The van der Waals surface area contributed by atoms with Crippen molar-refractivity contribution in [3.05, 3.63) is 87.5 Å². The van der Waals surface area contributed by atoms with Gasteiger partial charge in [0, 0.05) is 13.0 Å². The third-order valence-electron chi connectivity index (χ3n) is 4.86. The Morgan fingerprint density at radius 2 is 1.90 bits per heavy atom. The molecular weight excluding hydrogens is 382 g/mol. The summed E-state index contributed by atoms with van der Waals surface area (Å²) in [6, 6.07) is 18.0. The second-order valence-electron chi connectivity index (χ2n) is 6.89. The van der Waals surface area contributed by atoms with E-state index in [0.717, 1.165) is 41.8 Å². The van der Waals surface area contributed by atoms with Crippen LogP contribution in [-0.2, 0) is 19.6 Å². The molecule has 3 aromatic rings. The summed E-state index contributed by atoms with van der Waals surface area (Å²) in [7, 11) is 0. The van der Waals surface area contributed by atoms with Crippen molar-refractivity contribution in [1.29, 1.82) is 5.26 Å². The molecule has 0 spiro atoms. The first-order valence-electron chi connectivity index (χ1n) is 9.77. The zero-order valence-electron chi connectivity index (χ0n) is 16.5. The number of aliphatic hydroxyl groups is 1. The molecule has 1 heterocycles. The quantitative estimate of drug-likeness (QED) is 0.506. The van der Waals surface area contributed by atoms with Crippen LogP contribution in [0.3, 0.4) is 0 Å². The number of nitrogens with zero attached hydrogens (tertiary/aromatic N) is 3. The molecule has 29 heavy (non-hydrogen) atoms. The second-order valence-corrected chi connectivity index (χ2v) is 7.25. The van der Waals surface area contributed by atoms with Gasteiger partial charge >= 0.3 is 0 Å². The molecule has 0 aliphatic heterocycles. The fourth-order valence-corrected chi connectivity index (χ4v) is 3.47. The molecule has 0 unspecified atom stereocenters. The van der Waals surface area contributed by atoms with Crippen LogP contribution < -0.4 is 0 Å². The van der Waals surface area contributed by atoms with Crippen molar-refractivity contribution < 1.29 is 5.11 Å². The van der Waals surface area contributed by atoms with Gasteiger partial charge in [0.15, 0.2) is 5.15 Å². The molecule has 0 fully saturated rings. The maximum Gasteiger partial charge on any atom is 0.152 e. The van der Waals surface area contributed by atoms with Crippen LogP contribution >= 0.6 is 11.6 Å². The van der Waals surface area contributed by atoms with E-state index in [1.807, 2.05) is 53.1 Å². The second kappa shape index (κ2) is 10.1. The molecule has 0 saturated carbocycles. The van der Waals surface area contributed by atoms with Crippen LogP contribution in [-0.4, -0.2) is 14.7 Å². The predicted octanol–water partition coefficient (Wildman–Crippen LogP) is 5.46.